The van der Waals surface area contributed by atoms with Gasteiger partial charge in [0, 0.05) is 29.1 Å². The molecule has 4 rings (SSSR count). The fraction of sp³-hybridized carbons (Fsp3) is 0.192. The molecule has 4 aromatic rings. The molecule has 0 unspecified atom stereocenters. The van der Waals surface area contributed by atoms with Crippen LogP contribution in [0.15, 0.2) is 48.7 Å². The Balaban J connectivity index is 1.47. The zero-order valence-corrected chi connectivity index (χ0v) is 19.9. The molecular formula is C26H23FN6O3. The van der Waals surface area contributed by atoms with Crippen LogP contribution in [0, 0.1) is 31.0 Å². The zero-order chi connectivity index (χ0) is 25.8. The maximum atomic E-state index is 13.5. The van der Waals surface area contributed by atoms with Crippen LogP contribution < -0.4 is 15.4 Å². The van der Waals surface area contributed by atoms with Gasteiger partial charge in [0.25, 0.3) is 5.91 Å². The van der Waals surface area contributed by atoms with Crippen molar-refractivity contribution in [3.05, 3.63) is 82.6 Å². The lowest BCUT2D eigenvalue weighted by Crippen LogP contribution is -2.16. The maximum absolute atomic E-state index is 13.5. The van der Waals surface area contributed by atoms with Crippen molar-refractivity contribution in [2.75, 3.05) is 17.7 Å². The second-order valence-corrected chi connectivity index (χ2v) is 8.09. The molecule has 0 fully saturated rings. The number of carbonyl (C=O) groups is 2. The van der Waals surface area contributed by atoms with Crippen molar-refractivity contribution >= 4 is 28.8 Å². The number of nitrogens with zero attached hydrogens (tertiary/aromatic N) is 4. The van der Waals surface area contributed by atoms with Crippen LogP contribution in [-0.4, -0.2) is 33.5 Å². The van der Waals surface area contributed by atoms with Gasteiger partial charge < -0.3 is 15.4 Å². The summed E-state index contributed by atoms with van der Waals surface area (Å²) in [7, 11) is 1.46. The molecule has 36 heavy (non-hydrogen) atoms. The quantitative estimate of drug-likeness (QED) is 0.404. The predicted molar refractivity (Wildman–Crippen MR) is 131 cm³/mol. The van der Waals surface area contributed by atoms with Gasteiger partial charge in [-0.2, -0.15) is 10.4 Å². The molecule has 0 aliphatic heterocycles. The third kappa shape index (κ3) is 5.00. The molecule has 0 saturated carbocycles. The summed E-state index contributed by atoms with van der Waals surface area (Å²) in [6.07, 6.45) is 2.07. The molecule has 2 aromatic heterocycles. The number of nitriles is 1. The molecule has 2 heterocycles. The smallest absolute Gasteiger partial charge is 0.255 e. The van der Waals surface area contributed by atoms with E-state index in [4.69, 9.17) is 4.74 Å². The lowest BCUT2D eigenvalue weighted by molar-refractivity contribution is -0.116. The molecule has 0 radical (unpaired) electrons. The van der Waals surface area contributed by atoms with Crippen molar-refractivity contribution in [3.63, 3.8) is 0 Å². The number of methoxy groups -OCH3 is 1. The van der Waals surface area contributed by atoms with Crippen molar-refractivity contribution in [2.45, 2.75) is 26.7 Å². The average molecular weight is 487 g/mol. The Kier molecular flexibility index (Phi) is 6.92. The van der Waals surface area contributed by atoms with Gasteiger partial charge in [-0.05, 0) is 62.2 Å². The first-order valence-corrected chi connectivity index (χ1v) is 11.1. The summed E-state index contributed by atoms with van der Waals surface area (Å²) < 4.78 is 20.4. The van der Waals surface area contributed by atoms with Crippen LogP contribution in [0.25, 0.3) is 5.65 Å². The summed E-state index contributed by atoms with van der Waals surface area (Å²) in [6, 6.07) is 12.3. The van der Waals surface area contributed by atoms with Crippen molar-refractivity contribution < 1.29 is 18.7 Å². The zero-order valence-electron chi connectivity index (χ0n) is 19.9. The minimum Gasteiger partial charge on any atom is -0.495 e. The summed E-state index contributed by atoms with van der Waals surface area (Å²) in [6.45, 7) is 3.71. The highest BCUT2D eigenvalue weighted by Crippen LogP contribution is 2.29. The van der Waals surface area contributed by atoms with Gasteiger partial charge in [-0.15, -0.1) is 0 Å². The number of carbonyl (C=O) groups excluding carboxylic acids is 2. The first-order valence-electron chi connectivity index (χ1n) is 11.1. The number of hydrogen-bond donors (Lipinski definition) is 2. The van der Waals surface area contributed by atoms with Crippen molar-refractivity contribution in [1.29, 1.82) is 5.26 Å². The van der Waals surface area contributed by atoms with E-state index < -0.39 is 11.7 Å². The Morgan fingerprint density at radius 1 is 1.17 bits per heavy atom. The topological polar surface area (TPSA) is 121 Å². The number of rotatable bonds is 7. The summed E-state index contributed by atoms with van der Waals surface area (Å²) in [5, 5.41) is 19.0. The number of anilines is 2. The second kappa shape index (κ2) is 10.2. The highest BCUT2D eigenvalue weighted by atomic mass is 19.1. The van der Waals surface area contributed by atoms with Gasteiger partial charge in [-0.3, -0.25) is 9.59 Å². The van der Waals surface area contributed by atoms with Gasteiger partial charge in [-0.25, -0.2) is 13.9 Å². The van der Waals surface area contributed by atoms with E-state index in [1.165, 1.54) is 31.5 Å². The van der Waals surface area contributed by atoms with Crippen molar-refractivity contribution in [3.8, 4) is 11.8 Å². The van der Waals surface area contributed by atoms with E-state index in [2.05, 4.69) is 26.8 Å². The third-order valence-electron chi connectivity index (χ3n) is 5.75. The Hall–Kier alpha value is -4.78. The Bertz CT molecular complexity index is 1520. The van der Waals surface area contributed by atoms with E-state index >= 15 is 0 Å². The van der Waals surface area contributed by atoms with Crippen LogP contribution in [0.5, 0.6) is 5.75 Å². The van der Waals surface area contributed by atoms with Crippen molar-refractivity contribution in [2.24, 2.45) is 0 Å². The lowest BCUT2D eigenvalue weighted by atomic mass is 10.1. The van der Waals surface area contributed by atoms with Crippen LogP contribution in [0.4, 0.5) is 15.8 Å². The number of nitrogens with one attached hydrogen (secondary N) is 2. The standard InChI is InChI=1S/C26H23FN6O3/c1-15-21(16(2)33-25(30-15)18(13-28)14-29-33)8-10-24(34)31-20-7-9-23(36-3)22(12-20)32-26(35)17-5-4-6-19(27)11-17/h4-7,9,11-12,14H,8,10H2,1-3H3,(H,31,34)(H,32,35). The number of aryl methyl sites for hydroxylation is 2. The minimum absolute atomic E-state index is 0.155. The fourth-order valence-electron chi connectivity index (χ4n) is 3.92. The molecular weight excluding hydrogens is 463 g/mol. The second-order valence-electron chi connectivity index (χ2n) is 8.09. The van der Waals surface area contributed by atoms with Gasteiger partial charge in [0.2, 0.25) is 5.91 Å². The Morgan fingerprint density at radius 3 is 2.69 bits per heavy atom. The monoisotopic (exact) mass is 486 g/mol. The third-order valence-corrected chi connectivity index (χ3v) is 5.75. The van der Waals surface area contributed by atoms with Gasteiger partial charge in [0.1, 0.15) is 23.2 Å². The normalized spacial score (nSPS) is 10.6. The van der Waals surface area contributed by atoms with E-state index in [9.17, 15) is 19.2 Å². The van der Waals surface area contributed by atoms with Gasteiger partial charge >= 0.3 is 0 Å². The molecule has 2 aromatic carbocycles. The van der Waals surface area contributed by atoms with Crippen LogP contribution in [0.3, 0.4) is 0 Å². The molecule has 0 aliphatic carbocycles. The predicted octanol–water partition coefficient (Wildman–Crippen LogP) is 4.19. The highest BCUT2D eigenvalue weighted by Gasteiger charge is 2.16. The highest BCUT2D eigenvalue weighted by molar-refractivity contribution is 6.05. The molecule has 2 N–H and O–H groups in total. The molecule has 10 heteroatoms. The van der Waals surface area contributed by atoms with Crippen molar-refractivity contribution in [1.82, 2.24) is 14.6 Å². The molecule has 9 nitrogen and oxygen atoms in total. The summed E-state index contributed by atoms with van der Waals surface area (Å²) in [5.74, 6) is -0.879. The minimum atomic E-state index is -0.520. The number of aromatic nitrogens is 3. The van der Waals surface area contributed by atoms with E-state index in [1.807, 2.05) is 13.8 Å². The molecule has 0 atom stereocenters. The number of halogens is 1. The number of benzene rings is 2. The van der Waals surface area contributed by atoms with E-state index in [-0.39, 0.29) is 17.9 Å². The lowest BCUT2D eigenvalue weighted by Gasteiger charge is -2.14. The van der Waals surface area contributed by atoms with Crippen LogP contribution >= 0.6 is 0 Å². The molecule has 0 bridgehead atoms. The molecule has 2 amide bonds. The summed E-state index contributed by atoms with van der Waals surface area (Å²) >= 11 is 0. The van der Waals surface area contributed by atoms with Crippen LogP contribution in [0.2, 0.25) is 0 Å². The number of hydrogen-bond acceptors (Lipinski definition) is 6. The summed E-state index contributed by atoms with van der Waals surface area (Å²) in [4.78, 5) is 29.8. The Morgan fingerprint density at radius 2 is 1.97 bits per heavy atom. The first kappa shape index (κ1) is 24.3. The van der Waals surface area contributed by atoms with Gasteiger partial charge in [-0.1, -0.05) is 6.07 Å². The number of fused-ring (bicyclic) bond motifs is 1. The largest absolute Gasteiger partial charge is 0.495 e. The molecule has 0 saturated heterocycles. The average Bonchev–Trinajstić information content (AvgIpc) is 3.27. The molecule has 0 spiro atoms. The van der Waals surface area contributed by atoms with Crippen LogP contribution in [0.1, 0.15) is 39.3 Å². The fourth-order valence-corrected chi connectivity index (χ4v) is 3.92. The maximum Gasteiger partial charge on any atom is 0.255 e. The van der Waals surface area contributed by atoms with E-state index in [1.54, 1.807) is 22.7 Å². The van der Waals surface area contributed by atoms with E-state index in [0.29, 0.717) is 34.8 Å². The number of amides is 2. The SMILES string of the molecule is COc1ccc(NC(=O)CCc2c(C)nc3c(C#N)cnn3c2C)cc1NC(=O)c1cccc(F)c1. The van der Waals surface area contributed by atoms with Gasteiger partial charge in [0.05, 0.1) is 19.0 Å². The first-order chi connectivity index (χ1) is 17.3. The molecule has 0 aliphatic rings. The van der Waals surface area contributed by atoms with E-state index in [0.717, 1.165) is 23.0 Å². The number of ether oxygens (including phenoxy) is 1. The van der Waals surface area contributed by atoms with Gasteiger partial charge in [0.15, 0.2) is 5.65 Å². The molecule has 182 valence electrons. The van der Waals surface area contributed by atoms with Crippen LogP contribution in [-0.2, 0) is 11.2 Å². The summed E-state index contributed by atoms with van der Waals surface area (Å²) in [5.41, 5.74) is 4.26. The Labute approximate surface area is 206 Å².